The number of hydrogen-bond donors (Lipinski definition) is 1. The summed E-state index contributed by atoms with van der Waals surface area (Å²) in [4.78, 5) is 15.2. The van der Waals surface area contributed by atoms with Gasteiger partial charge in [0.2, 0.25) is 5.91 Å². The standard InChI is InChI=1S/C22H26N2O3/c1-3-4-11-27-18-9-10-19-20(12-18)24(21(25)22(19)14-23-15-22)13-16-5-7-17(26-2)8-6-16/h5-10,12,23H,3-4,11,13-15H2,1-2H3. The van der Waals surface area contributed by atoms with E-state index >= 15 is 0 Å². The molecule has 0 atom stereocenters. The van der Waals surface area contributed by atoms with Crippen molar-refractivity contribution in [1.82, 2.24) is 5.32 Å². The average Bonchev–Trinajstić information content (AvgIpc) is 2.91. The van der Waals surface area contributed by atoms with Crippen LogP contribution < -0.4 is 19.7 Å². The van der Waals surface area contributed by atoms with Crippen LogP contribution in [0.2, 0.25) is 0 Å². The second-order valence-corrected chi connectivity index (χ2v) is 7.31. The van der Waals surface area contributed by atoms with Gasteiger partial charge in [0.15, 0.2) is 0 Å². The molecule has 1 fully saturated rings. The van der Waals surface area contributed by atoms with E-state index in [0.717, 1.165) is 41.2 Å². The van der Waals surface area contributed by atoms with Crippen molar-refractivity contribution in [2.24, 2.45) is 0 Å². The molecule has 0 saturated carbocycles. The molecule has 2 aromatic carbocycles. The van der Waals surface area contributed by atoms with Crippen LogP contribution in [0.25, 0.3) is 0 Å². The highest BCUT2D eigenvalue weighted by Gasteiger charge is 2.54. The number of benzene rings is 2. The summed E-state index contributed by atoms with van der Waals surface area (Å²) in [6.07, 6.45) is 2.13. The van der Waals surface area contributed by atoms with Crippen LogP contribution in [0.5, 0.6) is 11.5 Å². The molecule has 5 heteroatoms. The molecule has 4 rings (SSSR count). The number of fused-ring (bicyclic) bond motifs is 2. The van der Waals surface area contributed by atoms with Crippen molar-refractivity contribution in [1.29, 1.82) is 0 Å². The molecule has 0 aromatic heterocycles. The van der Waals surface area contributed by atoms with Gasteiger partial charge < -0.3 is 19.7 Å². The first-order chi connectivity index (χ1) is 13.2. The maximum Gasteiger partial charge on any atom is 0.240 e. The lowest BCUT2D eigenvalue weighted by Gasteiger charge is -2.38. The largest absolute Gasteiger partial charge is 0.497 e. The third-order valence-electron chi connectivity index (χ3n) is 5.55. The summed E-state index contributed by atoms with van der Waals surface area (Å²) < 4.78 is 11.1. The van der Waals surface area contributed by atoms with Crippen LogP contribution in [0.3, 0.4) is 0 Å². The van der Waals surface area contributed by atoms with Gasteiger partial charge in [0.25, 0.3) is 0 Å². The molecule has 0 unspecified atom stereocenters. The summed E-state index contributed by atoms with van der Waals surface area (Å²) in [5.74, 6) is 1.83. The smallest absolute Gasteiger partial charge is 0.240 e. The number of carbonyl (C=O) groups excluding carboxylic acids is 1. The Morgan fingerprint density at radius 2 is 1.85 bits per heavy atom. The number of anilines is 1. The Morgan fingerprint density at radius 1 is 1.11 bits per heavy atom. The molecule has 0 aliphatic carbocycles. The number of amides is 1. The van der Waals surface area contributed by atoms with Gasteiger partial charge in [-0.05, 0) is 35.7 Å². The summed E-state index contributed by atoms with van der Waals surface area (Å²) in [5, 5.41) is 3.28. The predicted octanol–water partition coefficient (Wildman–Crippen LogP) is 3.26. The molecule has 5 nitrogen and oxygen atoms in total. The first kappa shape index (κ1) is 17.9. The number of carbonyl (C=O) groups is 1. The molecule has 27 heavy (non-hydrogen) atoms. The molecule has 0 radical (unpaired) electrons. The lowest BCUT2D eigenvalue weighted by Crippen LogP contribution is -2.61. The highest BCUT2D eigenvalue weighted by atomic mass is 16.5. The van der Waals surface area contributed by atoms with Crippen molar-refractivity contribution in [3.8, 4) is 11.5 Å². The van der Waals surface area contributed by atoms with Crippen LogP contribution >= 0.6 is 0 Å². The summed E-state index contributed by atoms with van der Waals surface area (Å²) in [6, 6.07) is 14.0. The Kier molecular flexibility index (Phi) is 4.79. The van der Waals surface area contributed by atoms with Crippen molar-refractivity contribution >= 4 is 11.6 Å². The predicted molar refractivity (Wildman–Crippen MR) is 106 cm³/mol. The van der Waals surface area contributed by atoms with Gasteiger partial charge in [0, 0.05) is 19.2 Å². The Hall–Kier alpha value is -2.53. The fourth-order valence-corrected chi connectivity index (χ4v) is 3.83. The van der Waals surface area contributed by atoms with E-state index in [1.54, 1.807) is 7.11 Å². The molecule has 0 bridgehead atoms. The molecule has 2 aliphatic heterocycles. The fourth-order valence-electron chi connectivity index (χ4n) is 3.83. The van der Waals surface area contributed by atoms with Gasteiger partial charge in [-0.15, -0.1) is 0 Å². The van der Waals surface area contributed by atoms with E-state index in [9.17, 15) is 4.79 Å². The second kappa shape index (κ2) is 7.24. The molecule has 1 spiro atoms. The molecule has 1 N–H and O–H groups in total. The van der Waals surface area contributed by atoms with E-state index in [2.05, 4.69) is 18.3 Å². The molecule has 1 amide bonds. The molecular formula is C22H26N2O3. The summed E-state index contributed by atoms with van der Waals surface area (Å²) >= 11 is 0. The minimum absolute atomic E-state index is 0.178. The fraction of sp³-hybridized carbons (Fsp3) is 0.409. The number of methoxy groups -OCH3 is 1. The molecule has 2 aromatic rings. The van der Waals surface area contributed by atoms with Crippen molar-refractivity contribution in [3.63, 3.8) is 0 Å². The molecular weight excluding hydrogens is 340 g/mol. The van der Waals surface area contributed by atoms with Gasteiger partial charge in [-0.1, -0.05) is 31.5 Å². The highest BCUT2D eigenvalue weighted by Crippen LogP contribution is 2.46. The Bertz CT molecular complexity index is 828. The van der Waals surface area contributed by atoms with E-state index < -0.39 is 5.41 Å². The number of nitrogens with zero attached hydrogens (tertiary/aromatic N) is 1. The third kappa shape index (κ3) is 3.06. The third-order valence-corrected chi connectivity index (χ3v) is 5.55. The zero-order valence-electron chi connectivity index (χ0n) is 16.0. The van der Waals surface area contributed by atoms with E-state index in [0.29, 0.717) is 26.2 Å². The van der Waals surface area contributed by atoms with Crippen LogP contribution in [0.15, 0.2) is 42.5 Å². The van der Waals surface area contributed by atoms with Gasteiger partial charge in [-0.25, -0.2) is 0 Å². The van der Waals surface area contributed by atoms with Crippen molar-refractivity contribution in [3.05, 3.63) is 53.6 Å². The topological polar surface area (TPSA) is 50.8 Å². The second-order valence-electron chi connectivity index (χ2n) is 7.31. The maximum absolute atomic E-state index is 13.3. The van der Waals surface area contributed by atoms with Gasteiger partial charge in [-0.3, -0.25) is 4.79 Å². The molecule has 1 saturated heterocycles. The minimum Gasteiger partial charge on any atom is -0.497 e. The van der Waals surface area contributed by atoms with Gasteiger partial charge in [0.1, 0.15) is 16.9 Å². The van der Waals surface area contributed by atoms with Gasteiger partial charge >= 0.3 is 0 Å². The molecule has 2 aliphatic rings. The number of ether oxygens (including phenoxy) is 2. The first-order valence-electron chi connectivity index (χ1n) is 9.61. The number of unbranched alkanes of at least 4 members (excludes halogenated alkanes) is 1. The van der Waals surface area contributed by atoms with E-state index in [1.807, 2.05) is 41.3 Å². The Morgan fingerprint density at radius 3 is 2.48 bits per heavy atom. The van der Waals surface area contributed by atoms with Crippen LogP contribution in [-0.2, 0) is 16.8 Å². The SMILES string of the molecule is CCCCOc1ccc2c(c1)N(Cc1ccc(OC)cc1)C(=O)C21CNC1. The zero-order chi connectivity index (χ0) is 18.9. The number of hydrogen-bond acceptors (Lipinski definition) is 4. The maximum atomic E-state index is 13.3. The number of rotatable bonds is 7. The lowest BCUT2D eigenvalue weighted by atomic mass is 9.76. The monoisotopic (exact) mass is 366 g/mol. The van der Waals surface area contributed by atoms with Crippen molar-refractivity contribution in [2.45, 2.75) is 31.7 Å². The Labute approximate surface area is 160 Å². The average molecular weight is 366 g/mol. The molecule has 2 heterocycles. The van der Waals surface area contributed by atoms with Crippen LogP contribution in [0, 0.1) is 0 Å². The highest BCUT2D eigenvalue weighted by molar-refractivity contribution is 6.09. The van der Waals surface area contributed by atoms with E-state index in [-0.39, 0.29) is 5.91 Å². The lowest BCUT2D eigenvalue weighted by molar-refractivity contribution is -0.125. The summed E-state index contributed by atoms with van der Waals surface area (Å²) in [7, 11) is 1.66. The van der Waals surface area contributed by atoms with Crippen LogP contribution in [-0.4, -0.2) is 32.7 Å². The van der Waals surface area contributed by atoms with Crippen LogP contribution in [0.1, 0.15) is 30.9 Å². The minimum atomic E-state index is -0.413. The van der Waals surface area contributed by atoms with E-state index in [4.69, 9.17) is 9.47 Å². The van der Waals surface area contributed by atoms with Crippen molar-refractivity contribution < 1.29 is 14.3 Å². The van der Waals surface area contributed by atoms with E-state index in [1.165, 1.54) is 0 Å². The first-order valence-corrected chi connectivity index (χ1v) is 9.61. The Balaban J connectivity index is 1.63. The zero-order valence-corrected chi connectivity index (χ0v) is 16.0. The summed E-state index contributed by atoms with van der Waals surface area (Å²) in [6.45, 7) is 4.81. The van der Waals surface area contributed by atoms with Crippen LogP contribution in [0.4, 0.5) is 5.69 Å². The van der Waals surface area contributed by atoms with Gasteiger partial charge in [-0.2, -0.15) is 0 Å². The molecule has 142 valence electrons. The number of nitrogens with one attached hydrogen (secondary N) is 1. The quantitative estimate of drug-likeness (QED) is 0.764. The van der Waals surface area contributed by atoms with Gasteiger partial charge in [0.05, 0.1) is 25.9 Å². The normalized spacial score (nSPS) is 17.0. The van der Waals surface area contributed by atoms with Crippen molar-refractivity contribution in [2.75, 3.05) is 31.7 Å². The summed E-state index contributed by atoms with van der Waals surface area (Å²) in [5.41, 5.74) is 2.76.